The topological polar surface area (TPSA) is 63.3 Å². The SMILES string of the molecule is Cc1c(Cl)ccc(N)c1F.Cc1ccc(Cl)c(C(=O)O)c1F. The van der Waals surface area contributed by atoms with Crippen LogP contribution in [0.1, 0.15) is 21.5 Å². The Hall–Kier alpha value is -1.85. The van der Waals surface area contributed by atoms with Crippen molar-refractivity contribution >= 4 is 34.9 Å². The molecule has 0 aliphatic carbocycles. The molecule has 2 aromatic carbocycles. The highest BCUT2D eigenvalue weighted by Gasteiger charge is 2.16. The van der Waals surface area contributed by atoms with Crippen molar-refractivity contribution in [3.05, 3.63) is 62.6 Å². The van der Waals surface area contributed by atoms with Crippen LogP contribution in [0.2, 0.25) is 10.0 Å². The van der Waals surface area contributed by atoms with Crippen LogP contribution in [-0.2, 0) is 0 Å². The van der Waals surface area contributed by atoms with Crippen molar-refractivity contribution < 1.29 is 18.7 Å². The molecule has 3 nitrogen and oxygen atoms in total. The number of carbonyl (C=O) groups is 1. The molecule has 0 radical (unpaired) electrons. The van der Waals surface area contributed by atoms with E-state index >= 15 is 0 Å². The van der Waals surface area contributed by atoms with E-state index in [1.165, 1.54) is 25.1 Å². The Morgan fingerprint density at radius 2 is 1.59 bits per heavy atom. The van der Waals surface area contributed by atoms with Gasteiger partial charge in [-0.05, 0) is 37.6 Å². The van der Waals surface area contributed by atoms with Gasteiger partial charge in [-0.1, -0.05) is 29.3 Å². The Kier molecular flexibility index (Phi) is 6.14. The Morgan fingerprint density at radius 3 is 2.05 bits per heavy atom. The summed E-state index contributed by atoms with van der Waals surface area (Å²) in [5.74, 6) is -2.54. The summed E-state index contributed by atoms with van der Waals surface area (Å²) in [6, 6.07) is 5.83. The third kappa shape index (κ3) is 4.08. The molecule has 0 atom stereocenters. The van der Waals surface area contributed by atoms with Crippen LogP contribution in [-0.4, -0.2) is 11.1 Å². The summed E-state index contributed by atoms with van der Waals surface area (Å²) in [5.41, 5.74) is 5.61. The predicted molar refractivity (Wildman–Crippen MR) is 83.7 cm³/mol. The average Bonchev–Trinajstić information content (AvgIpc) is 2.46. The number of benzene rings is 2. The van der Waals surface area contributed by atoms with E-state index in [1.807, 2.05) is 0 Å². The van der Waals surface area contributed by atoms with Gasteiger partial charge in [0, 0.05) is 10.6 Å². The van der Waals surface area contributed by atoms with Gasteiger partial charge in [-0.2, -0.15) is 0 Å². The maximum Gasteiger partial charge on any atom is 0.340 e. The fourth-order valence-electron chi connectivity index (χ4n) is 1.54. The summed E-state index contributed by atoms with van der Waals surface area (Å²) < 4.78 is 25.8. The molecule has 3 N–H and O–H groups in total. The van der Waals surface area contributed by atoms with Gasteiger partial charge in [-0.3, -0.25) is 0 Å². The van der Waals surface area contributed by atoms with E-state index < -0.39 is 23.2 Å². The normalized spacial score (nSPS) is 9.91. The summed E-state index contributed by atoms with van der Waals surface area (Å²) in [6.45, 7) is 3.08. The number of carboxylic acids is 1. The standard InChI is InChI=1S/C8H6ClFO2.C7H7ClFN/c1-4-2-3-5(9)6(7(4)10)8(11)12;1-4-5(8)2-3-6(10)7(4)9/h2-3H,1H3,(H,11,12);2-3H,10H2,1H3. The lowest BCUT2D eigenvalue weighted by Crippen LogP contribution is -2.03. The van der Waals surface area contributed by atoms with Gasteiger partial charge in [0.1, 0.15) is 17.2 Å². The maximum atomic E-state index is 13.0. The van der Waals surface area contributed by atoms with Crippen LogP contribution < -0.4 is 5.73 Å². The zero-order valence-electron chi connectivity index (χ0n) is 11.8. The van der Waals surface area contributed by atoms with E-state index in [4.69, 9.17) is 34.0 Å². The molecule has 22 heavy (non-hydrogen) atoms. The van der Waals surface area contributed by atoms with E-state index in [9.17, 15) is 13.6 Å². The summed E-state index contributed by atoms with van der Waals surface area (Å²) in [6.07, 6.45) is 0. The molecular formula is C15H13Cl2F2NO2. The molecular weight excluding hydrogens is 335 g/mol. The first-order chi connectivity index (χ1) is 10.2. The van der Waals surface area contributed by atoms with Crippen molar-refractivity contribution in [2.24, 2.45) is 0 Å². The molecule has 0 fully saturated rings. The largest absolute Gasteiger partial charge is 0.478 e. The third-order valence-electron chi connectivity index (χ3n) is 2.85. The zero-order valence-corrected chi connectivity index (χ0v) is 13.3. The monoisotopic (exact) mass is 347 g/mol. The number of halogens is 4. The zero-order chi connectivity index (χ0) is 17.0. The summed E-state index contributed by atoms with van der Waals surface area (Å²) in [7, 11) is 0. The molecule has 0 unspecified atom stereocenters. The predicted octanol–water partition coefficient (Wildman–Crippen LogP) is 4.86. The van der Waals surface area contributed by atoms with Crippen LogP contribution in [0.5, 0.6) is 0 Å². The lowest BCUT2D eigenvalue weighted by atomic mass is 10.1. The summed E-state index contributed by atoms with van der Waals surface area (Å²) in [5, 5.41) is 8.88. The smallest absolute Gasteiger partial charge is 0.340 e. The number of rotatable bonds is 1. The molecule has 2 rings (SSSR count). The first-order valence-corrected chi connectivity index (χ1v) is 6.80. The molecule has 0 amide bonds. The first kappa shape index (κ1) is 18.2. The van der Waals surface area contributed by atoms with Crippen LogP contribution in [0.3, 0.4) is 0 Å². The molecule has 118 valence electrons. The van der Waals surface area contributed by atoms with Gasteiger partial charge >= 0.3 is 5.97 Å². The molecule has 0 heterocycles. The molecule has 7 heteroatoms. The van der Waals surface area contributed by atoms with Crippen molar-refractivity contribution in [1.29, 1.82) is 0 Å². The van der Waals surface area contributed by atoms with Crippen molar-refractivity contribution in [3.63, 3.8) is 0 Å². The number of aromatic carboxylic acids is 1. The van der Waals surface area contributed by atoms with E-state index in [0.717, 1.165) is 0 Å². The third-order valence-corrected chi connectivity index (χ3v) is 3.57. The fraction of sp³-hybridized carbons (Fsp3) is 0.133. The quantitative estimate of drug-likeness (QED) is 0.724. The number of hydrogen-bond donors (Lipinski definition) is 2. The van der Waals surface area contributed by atoms with Gasteiger partial charge in [0.25, 0.3) is 0 Å². The molecule has 0 saturated carbocycles. The van der Waals surface area contributed by atoms with Crippen molar-refractivity contribution in [3.8, 4) is 0 Å². The van der Waals surface area contributed by atoms with Crippen LogP contribution >= 0.6 is 23.2 Å². The minimum Gasteiger partial charge on any atom is -0.478 e. The van der Waals surface area contributed by atoms with Gasteiger partial charge in [-0.15, -0.1) is 0 Å². The number of aryl methyl sites for hydroxylation is 1. The Labute approximate surface area is 136 Å². The molecule has 2 aromatic rings. The molecule has 0 aromatic heterocycles. The number of hydrogen-bond acceptors (Lipinski definition) is 2. The summed E-state index contributed by atoms with van der Waals surface area (Å²) >= 11 is 11.1. The van der Waals surface area contributed by atoms with E-state index in [2.05, 4.69) is 0 Å². The minimum absolute atomic E-state index is 0.0781. The number of carboxylic acid groups (broad SMARTS) is 1. The Morgan fingerprint density at radius 1 is 1.05 bits per heavy atom. The molecule has 0 bridgehead atoms. The lowest BCUT2D eigenvalue weighted by Gasteiger charge is -2.02. The Balaban J connectivity index is 0.000000224. The van der Waals surface area contributed by atoms with Gasteiger partial charge < -0.3 is 10.8 Å². The summed E-state index contributed by atoms with van der Waals surface area (Å²) in [4.78, 5) is 10.5. The van der Waals surface area contributed by atoms with Crippen molar-refractivity contribution in [1.82, 2.24) is 0 Å². The van der Waals surface area contributed by atoms with Crippen LogP contribution in [0.4, 0.5) is 14.5 Å². The number of nitrogen functional groups attached to an aromatic ring is 1. The van der Waals surface area contributed by atoms with Crippen LogP contribution in [0, 0.1) is 25.5 Å². The molecule has 0 aliphatic rings. The second kappa shape index (κ2) is 7.42. The average molecular weight is 348 g/mol. The second-order valence-electron chi connectivity index (χ2n) is 4.43. The lowest BCUT2D eigenvalue weighted by molar-refractivity contribution is 0.0692. The first-order valence-electron chi connectivity index (χ1n) is 6.04. The van der Waals surface area contributed by atoms with Crippen LogP contribution in [0.25, 0.3) is 0 Å². The van der Waals surface area contributed by atoms with Gasteiger partial charge in [-0.25, -0.2) is 13.6 Å². The highest BCUT2D eigenvalue weighted by molar-refractivity contribution is 6.33. The highest BCUT2D eigenvalue weighted by atomic mass is 35.5. The highest BCUT2D eigenvalue weighted by Crippen LogP contribution is 2.22. The van der Waals surface area contributed by atoms with E-state index in [1.54, 1.807) is 13.0 Å². The second-order valence-corrected chi connectivity index (χ2v) is 5.25. The van der Waals surface area contributed by atoms with Gasteiger partial charge in [0.05, 0.1) is 10.7 Å². The number of nitrogens with two attached hydrogens (primary N) is 1. The van der Waals surface area contributed by atoms with Crippen molar-refractivity contribution in [2.75, 3.05) is 5.73 Å². The minimum atomic E-state index is -1.35. The maximum absolute atomic E-state index is 13.0. The van der Waals surface area contributed by atoms with Gasteiger partial charge in [0.15, 0.2) is 0 Å². The van der Waals surface area contributed by atoms with E-state index in [-0.39, 0.29) is 16.3 Å². The molecule has 0 spiro atoms. The number of anilines is 1. The van der Waals surface area contributed by atoms with Crippen molar-refractivity contribution in [2.45, 2.75) is 13.8 Å². The van der Waals surface area contributed by atoms with Gasteiger partial charge in [0.2, 0.25) is 0 Å². The van der Waals surface area contributed by atoms with Crippen LogP contribution in [0.15, 0.2) is 24.3 Å². The van der Waals surface area contributed by atoms with E-state index in [0.29, 0.717) is 10.6 Å². The molecule has 0 saturated heterocycles. The molecule has 0 aliphatic heterocycles. The Bertz CT molecular complexity index is 694. The fourth-order valence-corrected chi connectivity index (χ4v) is 1.91.